The monoisotopic (exact) mass is 189 g/mol. The molecule has 74 valence electrons. The van der Waals surface area contributed by atoms with Gasteiger partial charge in [-0.3, -0.25) is 4.79 Å². The molecule has 2 nitrogen and oxygen atoms in total. The molecule has 14 heavy (non-hydrogen) atoms. The van der Waals surface area contributed by atoms with Crippen molar-refractivity contribution >= 4 is 11.5 Å². The minimum Gasteiger partial charge on any atom is -0.384 e. The van der Waals surface area contributed by atoms with Gasteiger partial charge in [-0.25, -0.2) is 0 Å². The number of carbonyl (C=O) groups excluding carboxylic acids is 1. The summed E-state index contributed by atoms with van der Waals surface area (Å²) in [6.07, 6.45) is 1.24. The fourth-order valence-corrected chi connectivity index (χ4v) is 1.96. The van der Waals surface area contributed by atoms with Gasteiger partial charge < -0.3 is 5.32 Å². The average Bonchev–Trinajstić information content (AvgIpc) is 2.34. The molecule has 0 unspecified atom stereocenters. The number of carbonyl (C=O) groups is 1. The van der Waals surface area contributed by atoms with Crippen LogP contribution in [0.4, 0.5) is 5.69 Å². The second-order valence-corrected chi connectivity index (χ2v) is 3.95. The Morgan fingerprint density at radius 2 is 1.93 bits per heavy atom. The normalized spacial score (nSPS) is 15.7. The molecular formula is C12H15NO. The summed E-state index contributed by atoms with van der Waals surface area (Å²) in [6, 6.07) is 4.20. The summed E-state index contributed by atoms with van der Waals surface area (Å²) in [4.78, 5) is 11.5. The lowest BCUT2D eigenvalue weighted by Crippen LogP contribution is -2.04. The highest BCUT2D eigenvalue weighted by molar-refractivity contribution is 5.85. The third kappa shape index (κ3) is 1.52. The van der Waals surface area contributed by atoms with Crippen LogP contribution in [0.25, 0.3) is 0 Å². The van der Waals surface area contributed by atoms with Gasteiger partial charge in [0.2, 0.25) is 0 Å². The van der Waals surface area contributed by atoms with E-state index in [1.165, 1.54) is 22.4 Å². The molecule has 0 atom stereocenters. The SMILES string of the molecule is Cc1ccc(C)c2c1CC(=O)CCN2. The third-order valence-corrected chi connectivity index (χ3v) is 2.84. The summed E-state index contributed by atoms with van der Waals surface area (Å²) in [5, 5.41) is 3.34. The van der Waals surface area contributed by atoms with Crippen LogP contribution in [-0.4, -0.2) is 12.3 Å². The second kappa shape index (κ2) is 3.45. The summed E-state index contributed by atoms with van der Waals surface area (Å²) in [6.45, 7) is 4.93. The Balaban J connectivity index is 2.54. The number of hydrogen-bond donors (Lipinski definition) is 1. The van der Waals surface area contributed by atoms with Crippen molar-refractivity contribution in [3.8, 4) is 0 Å². The number of hydrogen-bond acceptors (Lipinski definition) is 2. The van der Waals surface area contributed by atoms with E-state index in [1.807, 2.05) is 0 Å². The average molecular weight is 189 g/mol. The maximum absolute atomic E-state index is 11.5. The van der Waals surface area contributed by atoms with E-state index in [9.17, 15) is 4.79 Å². The largest absolute Gasteiger partial charge is 0.384 e. The molecule has 2 rings (SSSR count). The standard InChI is InChI=1S/C12H15NO/c1-8-3-4-9(2)12-11(8)7-10(14)5-6-13-12/h3-4,13H,5-7H2,1-2H3. The Morgan fingerprint density at radius 1 is 1.21 bits per heavy atom. The van der Waals surface area contributed by atoms with Crippen LogP contribution in [0.1, 0.15) is 23.1 Å². The number of fused-ring (bicyclic) bond motifs is 1. The maximum atomic E-state index is 11.5. The first-order chi connectivity index (χ1) is 6.68. The minimum absolute atomic E-state index is 0.338. The predicted octanol–water partition coefficient (Wildman–Crippen LogP) is 2.23. The Kier molecular flexibility index (Phi) is 2.28. The Hall–Kier alpha value is -1.31. The lowest BCUT2D eigenvalue weighted by molar-refractivity contribution is -0.118. The summed E-state index contributed by atoms with van der Waals surface area (Å²) in [7, 11) is 0. The van der Waals surface area contributed by atoms with E-state index in [0.717, 1.165) is 6.54 Å². The van der Waals surface area contributed by atoms with Gasteiger partial charge in [-0.05, 0) is 30.5 Å². The van der Waals surface area contributed by atoms with Crippen molar-refractivity contribution in [2.45, 2.75) is 26.7 Å². The molecule has 0 radical (unpaired) electrons. The quantitative estimate of drug-likeness (QED) is 0.678. The van der Waals surface area contributed by atoms with Crippen molar-refractivity contribution in [2.75, 3.05) is 11.9 Å². The van der Waals surface area contributed by atoms with E-state index in [0.29, 0.717) is 18.6 Å². The van der Waals surface area contributed by atoms with Crippen molar-refractivity contribution in [1.29, 1.82) is 0 Å². The lowest BCUT2D eigenvalue weighted by Gasteiger charge is -2.12. The molecular weight excluding hydrogens is 174 g/mol. The van der Waals surface area contributed by atoms with Gasteiger partial charge in [-0.2, -0.15) is 0 Å². The third-order valence-electron chi connectivity index (χ3n) is 2.84. The molecule has 0 fully saturated rings. The van der Waals surface area contributed by atoms with Crippen LogP contribution in [0.15, 0.2) is 12.1 Å². The first kappa shape index (κ1) is 9.25. The summed E-state index contributed by atoms with van der Waals surface area (Å²) < 4.78 is 0. The lowest BCUT2D eigenvalue weighted by atomic mass is 9.98. The molecule has 1 N–H and O–H groups in total. The van der Waals surface area contributed by atoms with Crippen LogP contribution >= 0.6 is 0 Å². The molecule has 1 aliphatic heterocycles. The summed E-state index contributed by atoms with van der Waals surface area (Å²) in [5.74, 6) is 0.338. The number of benzene rings is 1. The van der Waals surface area contributed by atoms with E-state index in [2.05, 4.69) is 31.3 Å². The number of anilines is 1. The molecule has 0 amide bonds. The number of aryl methyl sites for hydroxylation is 2. The van der Waals surface area contributed by atoms with E-state index in [-0.39, 0.29) is 0 Å². The second-order valence-electron chi connectivity index (χ2n) is 3.95. The Labute approximate surface area is 84.3 Å². The van der Waals surface area contributed by atoms with Gasteiger partial charge in [0.15, 0.2) is 0 Å². The van der Waals surface area contributed by atoms with Crippen molar-refractivity contribution in [3.63, 3.8) is 0 Å². The van der Waals surface area contributed by atoms with Crippen LogP contribution in [0.3, 0.4) is 0 Å². The first-order valence-corrected chi connectivity index (χ1v) is 5.03. The molecule has 0 bridgehead atoms. The van der Waals surface area contributed by atoms with Crippen LogP contribution in [0.5, 0.6) is 0 Å². The highest BCUT2D eigenvalue weighted by Crippen LogP contribution is 2.26. The molecule has 2 heteroatoms. The van der Waals surface area contributed by atoms with Gasteiger partial charge in [0.1, 0.15) is 5.78 Å². The van der Waals surface area contributed by atoms with Gasteiger partial charge in [-0.1, -0.05) is 12.1 Å². The fourth-order valence-electron chi connectivity index (χ4n) is 1.96. The fraction of sp³-hybridized carbons (Fsp3) is 0.417. The van der Waals surface area contributed by atoms with Gasteiger partial charge >= 0.3 is 0 Å². The topological polar surface area (TPSA) is 29.1 Å². The highest BCUT2D eigenvalue weighted by Gasteiger charge is 2.16. The predicted molar refractivity (Wildman–Crippen MR) is 57.7 cm³/mol. The van der Waals surface area contributed by atoms with Crippen molar-refractivity contribution in [2.24, 2.45) is 0 Å². The Bertz CT molecular complexity index is 382. The van der Waals surface area contributed by atoms with Crippen molar-refractivity contribution in [1.82, 2.24) is 0 Å². The van der Waals surface area contributed by atoms with E-state index < -0.39 is 0 Å². The number of ketones is 1. The molecule has 0 saturated heterocycles. The highest BCUT2D eigenvalue weighted by atomic mass is 16.1. The molecule has 1 aromatic rings. The van der Waals surface area contributed by atoms with Crippen LogP contribution in [0.2, 0.25) is 0 Å². The molecule has 0 saturated carbocycles. The van der Waals surface area contributed by atoms with Gasteiger partial charge in [0.05, 0.1) is 0 Å². The zero-order chi connectivity index (χ0) is 10.1. The van der Waals surface area contributed by atoms with Gasteiger partial charge in [0.25, 0.3) is 0 Å². The van der Waals surface area contributed by atoms with Crippen LogP contribution < -0.4 is 5.32 Å². The van der Waals surface area contributed by atoms with E-state index in [4.69, 9.17) is 0 Å². The van der Waals surface area contributed by atoms with Crippen molar-refractivity contribution in [3.05, 3.63) is 28.8 Å². The number of rotatable bonds is 0. The zero-order valence-corrected chi connectivity index (χ0v) is 8.68. The molecule has 1 aliphatic rings. The molecule has 0 aromatic heterocycles. The molecule has 1 heterocycles. The van der Waals surface area contributed by atoms with E-state index in [1.54, 1.807) is 0 Å². The summed E-state index contributed by atoms with van der Waals surface area (Å²) in [5.41, 5.74) is 4.82. The number of Topliss-reactive ketones (excluding diaryl/α,β-unsaturated/α-hetero) is 1. The Morgan fingerprint density at radius 3 is 2.71 bits per heavy atom. The van der Waals surface area contributed by atoms with E-state index >= 15 is 0 Å². The molecule has 1 aromatic carbocycles. The molecule has 0 spiro atoms. The summed E-state index contributed by atoms with van der Waals surface area (Å²) >= 11 is 0. The zero-order valence-electron chi connectivity index (χ0n) is 8.68. The molecule has 0 aliphatic carbocycles. The maximum Gasteiger partial charge on any atom is 0.139 e. The minimum atomic E-state index is 0.338. The number of nitrogens with one attached hydrogen (secondary N) is 1. The first-order valence-electron chi connectivity index (χ1n) is 5.03. The smallest absolute Gasteiger partial charge is 0.139 e. The van der Waals surface area contributed by atoms with Crippen LogP contribution in [0, 0.1) is 13.8 Å². The van der Waals surface area contributed by atoms with Gasteiger partial charge in [0, 0.05) is 25.1 Å². The van der Waals surface area contributed by atoms with Crippen molar-refractivity contribution < 1.29 is 4.79 Å². The van der Waals surface area contributed by atoms with Gasteiger partial charge in [-0.15, -0.1) is 0 Å². The van der Waals surface area contributed by atoms with Crippen LogP contribution in [-0.2, 0) is 11.2 Å².